The van der Waals surface area contributed by atoms with Crippen molar-refractivity contribution in [3.05, 3.63) is 35.6 Å². The minimum atomic E-state index is -0.555. The van der Waals surface area contributed by atoms with Gasteiger partial charge in [-0.15, -0.1) is 18.2 Å². The van der Waals surface area contributed by atoms with E-state index >= 15 is 0 Å². The van der Waals surface area contributed by atoms with Crippen molar-refractivity contribution in [3.63, 3.8) is 0 Å². The summed E-state index contributed by atoms with van der Waals surface area (Å²) in [5, 5.41) is 0. The van der Waals surface area contributed by atoms with E-state index in [1.807, 2.05) is 0 Å². The zero-order chi connectivity index (χ0) is 8.97. The number of benzene rings is 1. The summed E-state index contributed by atoms with van der Waals surface area (Å²) in [5.74, 6) is -1.10. The normalized spacial score (nSPS) is 8.77. The first-order valence-corrected chi connectivity index (χ1v) is 3.59. The standard InChI is InChI=1S/C9H8FO2.Mn/c1-2-12-9(11)7-4-3-5-8(10)6-7;/h3-5H,2H2,1H3;/q-1;. The molecule has 0 amide bonds. The summed E-state index contributed by atoms with van der Waals surface area (Å²) in [6.07, 6.45) is 0. The zero-order valence-corrected chi connectivity index (χ0v) is 8.19. The van der Waals surface area contributed by atoms with E-state index in [4.69, 9.17) is 0 Å². The van der Waals surface area contributed by atoms with E-state index in [0.29, 0.717) is 0 Å². The molecule has 0 saturated heterocycles. The average molecular weight is 222 g/mol. The van der Waals surface area contributed by atoms with Crippen molar-refractivity contribution >= 4 is 5.97 Å². The molecule has 0 heterocycles. The summed E-state index contributed by atoms with van der Waals surface area (Å²) in [4.78, 5) is 11.0. The minimum Gasteiger partial charge on any atom is -0.506 e. The molecule has 4 heteroatoms. The van der Waals surface area contributed by atoms with Crippen molar-refractivity contribution in [2.24, 2.45) is 0 Å². The number of esters is 1. The Balaban J connectivity index is 0.00000144. The first kappa shape index (κ1) is 12.1. The van der Waals surface area contributed by atoms with Crippen LogP contribution in [-0.2, 0) is 21.8 Å². The molecule has 1 aromatic rings. The van der Waals surface area contributed by atoms with E-state index in [2.05, 4.69) is 10.8 Å². The van der Waals surface area contributed by atoms with Gasteiger partial charge in [0.15, 0.2) is 0 Å². The molecule has 1 radical (unpaired) electrons. The van der Waals surface area contributed by atoms with Crippen LogP contribution in [0.5, 0.6) is 0 Å². The SMILES string of the molecule is CCOC(=O)c1[c-]c(F)ccc1.[Mn]. The molecule has 71 valence electrons. The Bertz CT molecular complexity index is 289. The molecule has 0 aliphatic rings. The van der Waals surface area contributed by atoms with Crippen LogP contribution < -0.4 is 0 Å². The monoisotopic (exact) mass is 222 g/mol. The minimum absolute atomic E-state index is 0. The van der Waals surface area contributed by atoms with E-state index in [9.17, 15) is 9.18 Å². The van der Waals surface area contributed by atoms with Crippen molar-refractivity contribution in [1.29, 1.82) is 0 Å². The van der Waals surface area contributed by atoms with Gasteiger partial charge in [-0.2, -0.15) is 0 Å². The Labute approximate surface area is 86.6 Å². The Morgan fingerprint density at radius 2 is 2.31 bits per heavy atom. The molecular weight excluding hydrogens is 214 g/mol. The van der Waals surface area contributed by atoms with E-state index in [1.165, 1.54) is 18.2 Å². The number of rotatable bonds is 2. The van der Waals surface area contributed by atoms with Crippen LogP contribution in [0.15, 0.2) is 18.2 Å². The molecule has 0 unspecified atom stereocenters. The number of carbonyl (C=O) groups is 1. The molecule has 13 heavy (non-hydrogen) atoms. The average Bonchev–Trinajstić information content (AvgIpc) is 2.05. The quantitative estimate of drug-likeness (QED) is 0.433. The van der Waals surface area contributed by atoms with Crippen LogP contribution in [0.4, 0.5) is 4.39 Å². The van der Waals surface area contributed by atoms with Gasteiger partial charge in [0.25, 0.3) is 0 Å². The number of carbonyl (C=O) groups excluding carboxylic acids is 1. The van der Waals surface area contributed by atoms with Gasteiger partial charge in [0, 0.05) is 22.9 Å². The topological polar surface area (TPSA) is 26.3 Å². The summed E-state index contributed by atoms with van der Waals surface area (Å²) in [7, 11) is 0. The van der Waals surface area contributed by atoms with Crippen LogP contribution in [0.3, 0.4) is 0 Å². The zero-order valence-electron chi connectivity index (χ0n) is 7.01. The summed E-state index contributed by atoms with van der Waals surface area (Å²) < 4.78 is 17.2. The Morgan fingerprint density at radius 3 is 2.85 bits per heavy atom. The number of halogens is 1. The second-order valence-corrected chi connectivity index (χ2v) is 2.13. The Hall–Kier alpha value is -0.861. The Kier molecular flexibility index (Phi) is 5.35. The molecule has 0 atom stereocenters. The van der Waals surface area contributed by atoms with E-state index in [0.717, 1.165) is 0 Å². The van der Waals surface area contributed by atoms with Gasteiger partial charge in [-0.05, 0) is 6.92 Å². The molecule has 1 aromatic carbocycles. The maximum Gasteiger partial charge on any atom is 0.250 e. The smallest absolute Gasteiger partial charge is 0.250 e. The number of ether oxygens (including phenoxy) is 1. The second-order valence-electron chi connectivity index (χ2n) is 2.13. The van der Waals surface area contributed by atoms with Crippen molar-refractivity contribution in [2.75, 3.05) is 6.61 Å². The van der Waals surface area contributed by atoms with Gasteiger partial charge in [-0.1, -0.05) is 11.6 Å². The van der Waals surface area contributed by atoms with Gasteiger partial charge in [0.2, 0.25) is 5.97 Å². The predicted molar refractivity (Wildman–Crippen MR) is 41.2 cm³/mol. The molecule has 2 nitrogen and oxygen atoms in total. The molecule has 0 saturated carbocycles. The van der Waals surface area contributed by atoms with Crippen molar-refractivity contribution < 1.29 is 31.0 Å². The summed E-state index contributed by atoms with van der Waals surface area (Å²) >= 11 is 0. The molecular formula is C9H8FMnO2-. The Morgan fingerprint density at radius 1 is 1.62 bits per heavy atom. The molecule has 1 rings (SSSR count). The van der Waals surface area contributed by atoms with Gasteiger partial charge >= 0.3 is 0 Å². The van der Waals surface area contributed by atoms with Gasteiger partial charge in [-0.3, -0.25) is 0 Å². The largest absolute Gasteiger partial charge is 0.506 e. The maximum atomic E-state index is 12.5. The number of hydrogen-bond donors (Lipinski definition) is 0. The third-order valence-corrected chi connectivity index (χ3v) is 1.25. The molecule has 0 N–H and O–H groups in total. The molecule has 0 aliphatic carbocycles. The molecule has 0 spiro atoms. The fraction of sp³-hybridized carbons (Fsp3) is 0.222. The van der Waals surface area contributed by atoms with Crippen molar-refractivity contribution in [1.82, 2.24) is 0 Å². The fourth-order valence-corrected chi connectivity index (χ4v) is 0.769. The first-order chi connectivity index (χ1) is 5.74. The summed E-state index contributed by atoms with van der Waals surface area (Å²) in [6, 6.07) is 6.38. The van der Waals surface area contributed by atoms with Crippen LogP contribution in [0.2, 0.25) is 0 Å². The van der Waals surface area contributed by atoms with Crippen LogP contribution in [0.1, 0.15) is 17.3 Å². The summed E-state index contributed by atoms with van der Waals surface area (Å²) in [5.41, 5.74) is 0.122. The summed E-state index contributed by atoms with van der Waals surface area (Å²) in [6.45, 7) is 1.97. The molecule has 0 bridgehead atoms. The van der Waals surface area contributed by atoms with E-state index in [1.54, 1.807) is 6.92 Å². The van der Waals surface area contributed by atoms with E-state index < -0.39 is 11.8 Å². The van der Waals surface area contributed by atoms with Gasteiger partial charge in [-0.25, -0.2) is 4.39 Å². The van der Waals surface area contributed by atoms with Crippen LogP contribution >= 0.6 is 0 Å². The van der Waals surface area contributed by atoms with Crippen LogP contribution in [0.25, 0.3) is 0 Å². The van der Waals surface area contributed by atoms with Crippen molar-refractivity contribution in [2.45, 2.75) is 6.92 Å². The first-order valence-electron chi connectivity index (χ1n) is 3.59. The van der Waals surface area contributed by atoms with Crippen molar-refractivity contribution in [3.8, 4) is 0 Å². The molecule has 0 aromatic heterocycles. The molecule has 0 fully saturated rings. The maximum absolute atomic E-state index is 12.5. The second kappa shape index (κ2) is 5.73. The van der Waals surface area contributed by atoms with Crippen LogP contribution in [-0.4, -0.2) is 12.6 Å². The number of hydrogen-bond acceptors (Lipinski definition) is 2. The van der Waals surface area contributed by atoms with Crippen LogP contribution in [0, 0.1) is 11.9 Å². The third-order valence-electron chi connectivity index (χ3n) is 1.25. The van der Waals surface area contributed by atoms with E-state index in [-0.39, 0.29) is 29.2 Å². The van der Waals surface area contributed by atoms with Gasteiger partial charge in [0.05, 0.1) is 6.61 Å². The fourth-order valence-electron chi connectivity index (χ4n) is 0.769. The van der Waals surface area contributed by atoms with Gasteiger partial charge < -0.3 is 9.53 Å². The predicted octanol–water partition coefficient (Wildman–Crippen LogP) is 1.80. The van der Waals surface area contributed by atoms with Gasteiger partial charge in [0.1, 0.15) is 0 Å². The third kappa shape index (κ3) is 3.57. The molecule has 0 aliphatic heterocycles.